The number of rotatable bonds is 2. The average molecular weight is 246 g/mol. The number of carbonyl (C=O) groups excluding carboxylic acids is 1. The van der Waals surface area contributed by atoms with Crippen LogP contribution in [0.3, 0.4) is 0 Å². The first kappa shape index (κ1) is 12.9. The third-order valence-electron chi connectivity index (χ3n) is 3.50. The zero-order valence-corrected chi connectivity index (χ0v) is 11.7. The minimum absolute atomic E-state index is 0.0342. The van der Waals surface area contributed by atoms with E-state index in [-0.39, 0.29) is 11.3 Å². The number of hydrogen-bond acceptors (Lipinski definition) is 2. The van der Waals surface area contributed by atoms with Crippen LogP contribution in [0.1, 0.15) is 43.6 Å². The molecule has 1 aliphatic heterocycles. The number of anilines is 1. The maximum Gasteiger partial charge on any atom is 0.256 e. The number of nitrogen functional groups attached to an aromatic ring is 1. The van der Waals surface area contributed by atoms with Crippen molar-refractivity contribution in [2.75, 3.05) is 18.8 Å². The first-order chi connectivity index (χ1) is 8.33. The lowest BCUT2D eigenvalue weighted by atomic mass is 9.77. The molecule has 1 heterocycles. The molecule has 0 aromatic heterocycles. The van der Waals surface area contributed by atoms with Gasteiger partial charge in [0, 0.05) is 24.2 Å². The van der Waals surface area contributed by atoms with Gasteiger partial charge in [0.05, 0.1) is 5.56 Å². The highest BCUT2D eigenvalue weighted by Gasteiger charge is 2.37. The predicted molar refractivity (Wildman–Crippen MR) is 74.6 cm³/mol. The molecule has 1 aliphatic rings. The van der Waals surface area contributed by atoms with Crippen LogP contribution in [0, 0.1) is 5.92 Å². The van der Waals surface area contributed by atoms with Gasteiger partial charge in [0.1, 0.15) is 0 Å². The minimum Gasteiger partial charge on any atom is -0.398 e. The number of hydrogen-bond donors (Lipinski definition) is 1. The van der Waals surface area contributed by atoms with Crippen LogP contribution in [-0.4, -0.2) is 23.9 Å². The van der Waals surface area contributed by atoms with E-state index >= 15 is 0 Å². The van der Waals surface area contributed by atoms with Gasteiger partial charge < -0.3 is 10.6 Å². The number of fused-ring (bicyclic) bond motifs is 1. The monoisotopic (exact) mass is 246 g/mol. The number of nitrogens with two attached hydrogens (primary N) is 1. The van der Waals surface area contributed by atoms with Crippen LogP contribution in [0.15, 0.2) is 18.2 Å². The zero-order chi connectivity index (χ0) is 13.5. The summed E-state index contributed by atoms with van der Waals surface area (Å²) in [6.45, 7) is 10.2. The Morgan fingerprint density at radius 1 is 1.39 bits per heavy atom. The minimum atomic E-state index is -0.0342. The summed E-state index contributed by atoms with van der Waals surface area (Å²) in [6, 6.07) is 5.77. The summed E-state index contributed by atoms with van der Waals surface area (Å²) in [4.78, 5) is 14.4. The molecule has 3 heteroatoms. The molecule has 18 heavy (non-hydrogen) atoms. The van der Waals surface area contributed by atoms with E-state index in [0.717, 1.165) is 18.7 Å². The Morgan fingerprint density at radius 2 is 2.06 bits per heavy atom. The fraction of sp³-hybridized carbons (Fsp3) is 0.533. The molecule has 0 unspecified atom stereocenters. The van der Waals surface area contributed by atoms with Gasteiger partial charge in [0.25, 0.3) is 5.91 Å². The Morgan fingerprint density at radius 3 is 2.67 bits per heavy atom. The van der Waals surface area contributed by atoms with Crippen LogP contribution in [0.5, 0.6) is 0 Å². The molecular formula is C15H22N2O. The summed E-state index contributed by atoms with van der Waals surface area (Å²) in [5.74, 6) is 0.548. The fourth-order valence-corrected chi connectivity index (χ4v) is 2.75. The van der Waals surface area contributed by atoms with Crippen molar-refractivity contribution in [3.63, 3.8) is 0 Å². The van der Waals surface area contributed by atoms with Crippen molar-refractivity contribution in [1.29, 1.82) is 0 Å². The fourth-order valence-electron chi connectivity index (χ4n) is 2.75. The van der Waals surface area contributed by atoms with Crippen molar-refractivity contribution in [3.05, 3.63) is 29.3 Å². The lowest BCUT2D eigenvalue weighted by molar-refractivity contribution is 0.0666. The molecule has 1 aromatic carbocycles. The van der Waals surface area contributed by atoms with E-state index in [0.29, 0.717) is 17.2 Å². The second-order valence-corrected chi connectivity index (χ2v) is 6.23. The topological polar surface area (TPSA) is 46.3 Å². The Kier molecular flexibility index (Phi) is 3.09. The maximum absolute atomic E-state index is 12.5. The quantitative estimate of drug-likeness (QED) is 0.815. The van der Waals surface area contributed by atoms with Gasteiger partial charge in [-0.1, -0.05) is 39.8 Å². The van der Waals surface area contributed by atoms with Crippen LogP contribution in [0.25, 0.3) is 0 Å². The molecule has 3 nitrogen and oxygen atoms in total. The Bertz CT molecular complexity index is 477. The standard InChI is InChI=1S/C15H22N2O/c1-10(2)8-17-9-15(3,4)11-6-5-7-12(16)13(11)14(17)18/h5-7,10H,8-9,16H2,1-4H3. The SMILES string of the molecule is CC(C)CN1CC(C)(C)c2cccc(N)c2C1=O. The van der Waals surface area contributed by atoms with Gasteiger partial charge in [-0.15, -0.1) is 0 Å². The third-order valence-corrected chi connectivity index (χ3v) is 3.50. The average Bonchev–Trinajstić information content (AvgIpc) is 2.24. The lowest BCUT2D eigenvalue weighted by Crippen LogP contribution is -2.48. The summed E-state index contributed by atoms with van der Waals surface area (Å²) in [5, 5.41) is 0. The van der Waals surface area contributed by atoms with Crippen molar-refractivity contribution in [2.24, 2.45) is 5.92 Å². The molecular weight excluding hydrogens is 224 g/mol. The summed E-state index contributed by atoms with van der Waals surface area (Å²) in [5.41, 5.74) is 8.34. The smallest absolute Gasteiger partial charge is 0.256 e. The second-order valence-electron chi connectivity index (χ2n) is 6.23. The van der Waals surface area contributed by atoms with Gasteiger partial charge in [0.15, 0.2) is 0 Å². The molecule has 0 fully saturated rings. The first-order valence-corrected chi connectivity index (χ1v) is 6.51. The molecule has 2 N–H and O–H groups in total. The highest BCUT2D eigenvalue weighted by molar-refractivity contribution is 6.02. The van der Waals surface area contributed by atoms with Crippen LogP contribution in [0.2, 0.25) is 0 Å². The zero-order valence-electron chi connectivity index (χ0n) is 11.7. The molecule has 0 saturated heterocycles. The Labute approximate surface area is 109 Å². The molecule has 2 rings (SSSR count). The molecule has 0 radical (unpaired) electrons. The summed E-state index contributed by atoms with van der Waals surface area (Å²) < 4.78 is 0. The summed E-state index contributed by atoms with van der Waals surface area (Å²) >= 11 is 0. The van der Waals surface area contributed by atoms with Crippen LogP contribution >= 0.6 is 0 Å². The van der Waals surface area contributed by atoms with Crippen LogP contribution in [0.4, 0.5) is 5.69 Å². The van der Waals surface area contributed by atoms with Crippen molar-refractivity contribution in [3.8, 4) is 0 Å². The van der Waals surface area contributed by atoms with E-state index in [1.807, 2.05) is 23.1 Å². The van der Waals surface area contributed by atoms with Gasteiger partial charge >= 0.3 is 0 Å². The first-order valence-electron chi connectivity index (χ1n) is 6.51. The number of nitrogens with zero attached hydrogens (tertiary/aromatic N) is 1. The van der Waals surface area contributed by atoms with E-state index in [4.69, 9.17) is 5.73 Å². The van der Waals surface area contributed by atoms with Crippen molar-refractivity contribution < 1.29 is 4.79 Å². The van der Waals surface area contributed by atoms with Crippen LogP contribution in [-0.2, 0) is 5.41 Å². The molecule has 1 aromatic rings. The van der Waals surface area contributed by atoms with E-state index in [2.05, 4.69) is 27.7 Å². The normalized spacial score (nSPS) is 18.1. The molecule has 0 spiro atoms. The largest absolute Gasteiger partial charge is 0.398 e. The number of carbonyl (C=O) groups is 1. The summed E-state index contributed by atoms with van der Waals surface area (Å²) in [7, 11) is 0. The van der Waals surface area contributed by atoms with Crippen LogP contribution < -0.4 is 5.73 Å². The van der Waals surface area contributed by atoms with Crippen molar-refractivity contribution in [1.82, 2.24) is 4.90 Å². The van der Waals surface area contributed by atoms with Gasteiger partial charge in [-0.3, -0.25) is 4.79 Å². The van der Waals surface area contributed by atoms with Gasteiger partial charge in [-0.2, -0.15) is 0 Å². The molecule has 0 saturated carbocycles. The number of benzene rings is 1. The Hall–Kier alpha value is -1.51. The molecule has 0 bridgehead atoms. The molecule has 0 atom stereocenters. The van der Waals surface area contributed by atoms with E-state index in [9.17, 15) is 4.79 Å². The number of amides is 1. The molecule has 1 amide bonds. The summed E-state index contributed by atoms with van der Waals surface area (Å²) in [6.07, 6.45) is 0. The van der Waals surface area contributed by atoms with Gasteiger partial charge in [-0.25, -0.2) is 0 Å². The second kappa shape index (κ2) is 4.30. The van der Waals surface area contributed by atoms with Gasteiger partial charge in [0.2, 0.25) is 0 Å². The third kappa shape index (κ3) is 2.09. The Balaban J connectivity index is 2.49. The van der Waals surface area contributed by atoms with E-state index < -0.39 is 0 Å². The lowest BCUT2D eigenvalue weighted by Gasteiger charge is -2.40. The maximum atomic E-state index is 12.5. The van der Waals surface area contributed by atoms with E-state index in [1.54, 1.807) is 0 Å². The highest BCUT2D eigenvalue weighted by Crippen LogP contribution is 2.36. The molecule has 0 aliphatic carbocycles. The van der Waals surface area contributed by atoms with E-state index in [1.165, 1.54) is 0 Å². The predicted octanol–water partition coefficient (Wildman–Crippen LogP) is 2.66. The highest BCUT2D eigenvalue weighted by atomic mass is 16.2. The molecule has 98 valence electrons. The van der Waals surface area contributed by atoms with Crippen molar-refractivity contribution >= 4 is 11.6 Å². The van der Waals surface area contributed by atoms with Crippen molar-refractivity contribution in [2.45, 2.75) is 33.1 Å². The van der Waals surface area contributed by atoms with Gasteiger partial charge in [-0.05, 0) is 17.5 Å².